The Morgan fingerprint density at radius 2 is 1.83 bits per heavy atom. The van der Waals surface area contributed by atoms with Crippen LogP contribution < -0.4 is 20.9 Å². The predicted octanol–water partition coefficient (Wildman–Crippen LogP) is 4.23. The molecular formula is C21H29N5O2S. The Balaban J connectivity index is 1.41. The summed E-state index contributed by atoms with van der Waals surface area (Å²) in [5.41, 5.74) is 2.67. The van der Waals surface area contributed by atoms with Gasteiger partial charge >= 0.3 is 6.03 Å². The molecule has 1 fully saturated rings. The number of benzene rings is 1. The zero-order chi connectivity index (χ0) is 20.6. The number of urea groups is 1. The van der Waals surface area contributed by atoms with Gasteiger partial charge in [0.1, 0.15) is 0 Å². The van der Waals surface area contributed by atoms with Crippen LogP contribution in [0.3, 0.4) is 0 Å². The smallest absolute Gasteiger partial charge is 0.321 e. The van der Waals surface area contributed by atoms with E-state index in [9.17, 15) is 9.59 Å². The van der Waals surface area contributed by atoms with E-state index in [1.54, 1.807) is 0 Å². The number of rotatable bonds is 7. The monoisotopic (exact) mass is 415 g/mol. The fraction of sp³-hybridized carbons (Fsp3) is 0.476. The van der Waals surface area contributed by atoms with E-state index in [1.807, 2.05) is 48.6 Å². The zero-order valence-corrected chi connectivity index (χ0v) is 17.8. The van der Waals surface area contributed by atoms with E-state index in [1.165, 1.54) is 30.6 Å². The molecule has 0 radical (unpaired) electrons. The lowest BCUT2D eigenvalue weighted by atomic mass is 9.96. The largest absolute Gasteiger partial charge is 0.378 e. The molecule has 1 saturated carbocycles. The lowest BCUT2D eigenvalue weighted by molar-refractivity contribution is -0.116. The number of aryl methyl sites for hydroxylation is 1. The SMILES string of the molecule is CN(C)c1ccc(NC(=O)CCc2csc(NC(=O)NC3CCCCC3)n2)cc1. The number of carbonyl (C=O) groups excluding carboxylic acids is 2. The molecule has 8 heteroatoms. The molecule has 3 N–H and O–H groups in total. The highest BCUT2D eigenvalue weighted by Crippen LogP contribution is 2.20. The van der Waals surface area contributed by atoms with Crippen LogP contribution in [-0.4, -0.2) is 37.1 Å². The molecule has 0 bridgehead atoms. The number of nitrogens with zero attached hydrogens (tertiary/aromatic N) is 2. The summed E-state index contributed by atoms with van der Waals surface area (Å²) in [5, 5.41) is 11.2. The van der Waals surface area contributed by atoms with E-state index in [2.05, 4.69) is 20.9 Å². The van der Waals surface area contributed by atoms with E-state index in [4.69, 9.17) is 0 Å². The van der Waals surface area contributed by atoms with Gasteiger partial charge < -0.3 is 15.5 Å². The minimum Gasteiger partial charge on any atom is -0.378 e. The predicted molar refractivity (Wildman–Crippen MR) is 119 cm³/mol. The van der Waals surface area contributed by atoms with E-state index < -0.39 is 0 Å². The van der Waals surface area contributed by atoms with Gasteiger partial charge in [0.05, 0.1) is 5.69 Å². The second kappa shape index (κ2) is 10.2. The number of carbonyl (C=O) groups is 2. The molecule has 0 atom stereocenters. The maximum absolute atomic E-state index is 12.2. The molecule has 1 aromatic carbocycles. The van der Waals surface area contributed by atoms with Gasteiger partial charge in [0.25, 0.3) is 0 Å². The van der Waals surface area contributed by atoms with Crippen LogP contribution >= 0.6 is 11.3 Å². The van der Waals surface area contributed by atoms with Crippen molar-refractivity contribution in [3.63, 3.8) is 0 Å². The van der Waals surface area contributed by atoms with Crippen molar-refractivity contribution in [1.82, 2.24) is 10.3 Å². The van der Waals surface area contributed by atoms with Crippen LogP contribution in [0.4, 0.5) is 21.3 Å². The number of nitrogens with one attached hydrogen (secondary N) is 3. The topological polar surface area (TPSA) is 86.4 Å². The lowest BCUT2D eigenvalue weighted by Gasteiger charge is -2.22. The fourth-order valence-corrected chi connectivity index (χ4v) is 4.09. The number of anilines is 3. The summed E-state index contributed by atoms with van der Waals surface area (Å²) in [4.78, 5) is 30.7. The number of thiazole rings is 1. The average molecular weight is 416 g/mol. The normalized spacial score (nSPS) is 14.3. The molecule has 0 saturated heterocycles. The minimum atomic E-state index is -0.197. The van der Waals surface area contributed by atoms with Crippen molar-refractivity contribution in [2.24, 2.45) is 0 Å². The molecule has 1 aromatic heterocycles. The Labute approximate surface area is 175 Å². The molecule has 156 valence electrons. The van der Waals surface area contributed by atoms with Crippen molar-refractivity contribution >= 4 is 39.8 Å². The molecule has 3 rings (SSSR count). The molecule has 1 aliphatic carbocycles. The average Bonchev–Trinajstić information content (AvgIpc) is 3.14. The highest BCUT2D eigenvalue weighted by Gasteiger charge is 2.16. The van der Waals surface area contributed by atoms with Gasteiger partial charge in [-0.3, -0.25) is 10.1 Å². The Hall–Kier alpha value is -2.61. The molecule has 1 aliphatic rings. The number of aromatic nitrogens is 1. The van der Waals surface area contributed by atoms with Crippen LogP contribution in [0.1, 0.15) is 44.2 Å². The molecular weight excluding hydrogens is 386 g/mol. The Morgan fingerprint density at radius 3 is 2.52 bits per heavy atom. The molecule has 0 aliphatic heterocycles. The highest BCUT2D eigenvalue weighted by atomic mass is 32.1. The van der Waals surface area contributed by atoms with E-state index in [0.29, 0.717) is 18.0 Å². The van der Waals surface area contributed by atoms with Gasteiger partial charge in [0.2, 0.25) is 5.91 Å². The molecule has 0 unspecified atom stereocenters. The van der Waals surface area contributed by atoms with E-state index in [-0.39, 0.29) is 18.0 Å². The van der Waals surface area contributed by atoms with Crippen LogP contribution in [0, 0.1) is 0 Å². The third-order valence-corrected chi connectivity index (χ3v) is 5.79. The van der Waals surface area contributed by atoms with E-state index in [0.717, 1.165) is 29.9 Å². The first-order valence-corrected chi connectivity index (χ1v) is 11.0. The molecule has 29 heavy (non-hydrogen) atoms. The molecule has 2 aromatic rings. The van der Waals surface area contributed by atoms with Gasteiger partial charge in [-0.05, 0) is 43.5 Å². The van der Waals surface area contributed by atoms with Gasteiger partial charge in [-0.2, -0.15) is 0 Å². The maximum Gasteiger partial charge on any atom is 0.321 e. The lowest BCUT2D eigenvalue weighted by Crippen LogP contribution is -2.38. The second-order valence-corrected chi connectivity index (χ2v) is 8.42. The summed E-state index contributed by atoms with van der Waals surface area (Å²) in [6, 6.07) is 7.78. The number of hydrogen-bond donors (Lipinski definition) is 3. The third-order valence-electron chi connectivity index (χ3n) is 4.99. The quantitative estimate of drug-likeness (QED) is 0.631. The Bertz CT molecular complexity index is 813. The van der Waals surface area contributed by atoms with Gasteiger partial charge in [0, 0.05) is 43.3 Å². The summed E-state index contributed by atoms with van der Waals surface area (Å²) in [6.45, 7) is 0. The molecule has 1 heterocycles. The highest BCUT2D eigenvalue weighted by molar-refractivity contribution is 7.13. The van der Waals surface area contributed by atoms with Crippen molar-refractivity contribution in [2.75, 3.05) is 29.6 Å². The van der Waals surface area contributed by atoms with Crippen molar-refractivity contribution in [2.45, 2.75) is 51.0 Å². The molecule has 0 spiro atoms. The molecule has 7 nitrogen and oxygen atoms in total. The van der Waals surface area contributed by atoms with Crippen molar-refractivity contribution < 1.29 is 9.59 Å². The van der Waals surface area contributed by atoms with Crippen LogP contribution in [0.2, 0.25) is 0 Å². The van der Waals surface area contributed by atoms with Crippen molar-refractivity contribution in [3.8, 4) is 0 Å². The first-order valence-electron chi connectivity index (χ1n) is 10.1. The van der Waals surface area contributed by atoms with Crippen LogP contribution in [0.15, 0.2) is 29.6 Å². The maximum atomic E-state index is 12.2. The van der Waals surface area contributed by atoms with Crippen LogP contribution in [-0.2, 0) is 11.2 Å². The molecule has 3 amide bonds. The zero-order valence-electron chi connectivity index (χ0n) is 17.0. The summed E-state index contributed by atoms with van der Waals surface area (Å²) in [5.74, 6) is -0.0554. The number of hydrogen-bond acceptors (Lipinski definition) is 5. The van der Waals surface area contributed by atoms with Gasteiger partial charge in [-0.25, -0.2) is 9.78 Å². The summed E-state index contributed by atoms with van der Waals surface area (Å²) in [6.07, 6.45) is 6.57. The van der Waals surface area contributed by atoms with Gasteiger partial charge in [-0.1, -0.05) is 19.3 Å². The van der Waals surface area contributed by atoms with Gasteiger partial charge in [0.15, 0.2) is 5.13 Å². The second-order valence-electron chi connectivity index (χ2n) is 7.57. The first-order chi connectivity index (χ1) is 14.0. The van der Waals surface area contributed by atoms with Crippen molar-refractivity contribution in [1.29, 1.82) is 0 Å². The van der Waals surface area contributed by atoms with Crippen LogP contribution in [0.5, 0.6) is 0 Å². The Kier molecular flexibility index (Phi) is 7.46. The van der Waals surface area contributed by atoms with E-state index >= 15 is 0 Å². The standard InChI is InChI=1S/C21H29N5O2S/c1-26(2)18-11-8-16(9-12-18)22-19(27)13-10-17-14-29-21(24-17)25-20(28)23-15-6-4-3-5-7-15/h8-9,11-12,14-15H,3-7,10,13H2,1-2H3,(H,22,27)(H2,23,24,25,28). The first kappa shape index (κ1) is 21.1. The Morgan fingerprint density at radius 1 is 1.10 bits per heavy atom. The fourth-order valence-electron chi connectivity index (χ4n) is 3.35. The van der Waals surface area contributed by atoms with Crippen molar-refractivity contribution in [3.05, 3.63) is 35.3 Å². The number of amides is 3. The van der Waals surface area contributed by atoms with Gasteiger partial charge in [-0.15, -0.1) is 11.3 Å². The summed E-state index contributed by atoms with van der Waals surface area (Å²) >= 11 is 1.38. The summed E-state index contributed by atoms with van der Waals surface area (Å²) < 4.78 is 0. The van der Waals surface area contributed by atoms with Crippen LogP contribution in [0.25, 0.3) is 0 Å². The minimum absolute atomic E-state index is 0.0554. The summed E-state index contributed by atoms with van der Waals surface area (Å²) in [7, 11) is 3.95. The third kappa shape index (κ3) is 6.74.